The minimum Gasteiger partial charge on any atom is -0.508 e. The van der Waals surface area contributed by atoms with Crippen molar-refractivity contribution in [2.45, 2.75) is 27.7 Å². The van der Waals surface area contributed by atoms with Crippen LogP contribution in [-0.4, -0.2) is 118 Å². The van der Waals surface area contributed by atoms with Crippen LogP contribution in [0.5, 0.6) is 5.75 Å². The number of aryl methyl sites for hydroxylation is 2. The van der Waals surface area contributed by atoms with Crippen LogP contribution in [0.3, 0.4) is 0 Å². The Morgan fingerprint density at radius 2 is 1.55 bits per heavy atom. The van der Waals surface area contributed by atoms with E-state index in [1.54, 1.807) is 30.3 Å². The van der Waals surface area contributed by atoms with Gasteiger partial charge in [0.25, 0.3) is 5.91 Å². The number of carbonyl (C=O) groups is 3. The van der Waals surface area contributed by atoms with Gasteiger partial charge in [-0.1, -0.05) is 30.3 Å². The first kappa shape index (κ1) is 43.6. The number of rotatable bonds is 18. The van der Waals surface area contributed by atoms with E-state index in [2.05, 4.69) is 53.8 Å². The molecule has 1 aliphatic carbocycles. The van der Waals surface area contributed by atoms with E-state index in [-0.39, 0.29) is 30.0 Å². The molecule has 0 radical (unpaired) electrons. The van der Waals surface area contributed by atoms with Crippen LogP contribution in [0.1, 0.15) is 40.9 Å². The highest BCUT2D eigenvalue weighted by atomic mass is 16.5. The van der Waals surface area contributed by atoms with E-state index in [1.807, 2.05) is 48.2 Å². The molecule has 0 atom stereocenters. The number of benzene rings is 4. The summed E-state index contributed by atoms with van der Waals surface area (Å²) in [5.41, 5.74) is 8.02. The van der Waals surface area contributed by atoms with E-state index in [0.717, 1.165) is 61.9 Å². The third kappa shape index (κ3) is 11.4. The van der Waals surface area contributed by atoms with Gasteiger partial charge in [-0.2, -0.15) is 0 Å². The number of hydrogen-bond acceptors (Lipinski definition) is 10. The second-order valence-corrected chi connectivity index (χ2v) is 14.7. The van der Waals surface area contributed by atoms with Crippen LogP contribution in [0.25, 0.3) is 39.5 Å². The lowest BCUT2D eigenvalue weighted by molar-refractivity contribution is -0.123. The summed E-state index contributed by atoms with van der Waals surface area (Å²) in [4.78, 5) is 47.7. The Morgan fingerprint density at radius 1 is 0.833 bits per heavy atom. The first-order valence-corrected chi connectivity index (χ1v) is 20.7. The monoisotopic (exact) mass is 816 g/mol. The van der Waals surface area contributed by atoms with Crippen molar-refractivity contribution in [1.29, 1.82) is 0 Å². The number of phenols is 1. The first-order valence-electron chi connectivity index (χ1n) is 20.7. The van der Waals surface area contributed by atoms with Gasteiger partial charge in [0, 0.05) is 98.3 Å². The number of nitrogens with zero attached hydrogens (tertiary/aromatic N) is 3. The molecule has 1 saturated heterocycles. The zero-order chi connectivity index (χ0) is 42.4. The van der Waals surface area contributed by atoms with Crippen LogP contribution >= 0.6 is 0 Å². The summed E-state index contributed by atoms with van der Waals surface area (Å²) in [6, 6.07) is 22.7. The van der Waals surface area contributed by atoms with Gasteiger partial charge in [-0.25, -0.2) is 0 Å². The highest BCUT2D eigenvalue weighted by molar-refractivity contribution is 6.09. The van der Waals surface area contributed by atoms with Crippen molar-refractivity contribution < 1.29 is 33.4 Å². The lowest BCUT2D eigenvalue weighted by Gasteiger charge is -2.34. The fourth-order valence-corrected chi connectivity index (χ4v) is 7.27. The van der Waals surface area contributed by atoms with Crippen LogP contribution < -0.4 is 21.3 Å². The van der Waals surface area contributed by atoms with Gasteiger partial charge in [-0.15, -0.1) is 0 Å². The Balaban J connectivity index is 0.972. The number of ether oxygens (including phenoxy) is 2. The van der Waals surface area contributed by atoms with Crippen molar-refractivity contribution in [1.82, 2.24) is 20.4 Å². The van der Waals surface area contributed by atoms with E-state index < -0.39 is 0 Å². The molecule has 4 N–H and O–H groups in total. The lowest BCUT2D eigenvalue weighted by atomic mass is 9.89. The number of amides is 3. The summed E-state index contributed by atoms with van der Waals surface area (Å²) >= 11 is 0. The number of piperazine rings is 1. The van der Waals surface area contributed by atoms with Crippen LogP contribution in [0, 0.1) is 13.8 Å². The molecule has 13 heteroatoms. The molecule has 13 nitrogen and oxygen atoms in total. The molecule has 0 unspecified atom stereocenters. The Bertz CT molecular complexity index is 2330. The Hall–Kier alpha value is -6.02. The normalized spacial score (nSPS) is 13.7. The summed E-state index contributed by atoms with van der Waals surface area (Å²) in [5.74, 6) is 0.508. The number of phenolic OH excluding ortho intramolecular Hbond substituents is 1. The maximum atomic E-state index is 14.3. The molecule has 0 spiro atoms. The summed E-state index contributed by atoms with van der Waals surface area (Å²) in [5, 5.41) is 20.3. The summed E-state index contributed by atoms with van der Waals surface area (Å²) in [7, 11) is 0. The minimum atomic E-state index is -0.235. The quantitative estimate of drug-likeness (QED) is 0.0501. The van der Waals surface area contributed by atoms with E-state index in [1.165, 1.54) is 6.08 Å². The highest BCUT2D eigenvalue weighted by Gasteiger charge is 2.27. The molecule has 0 saturated carbocycles. The van der Waals surface area contributed by atoms with Gasteiger partial charge in [0.2, 0.25) is 11.8 Å². The summed E-state index contributed by atoms with van der Waals surface area (Å²) in [6.07, 6.45) is 3.10. The molecule has 2 aliphatic heterocycles. The number of aromatic hydroxyl groups is 1. The topological polar surface area (TPSA) is 158 Å². The summed E-state index contributed by atoms with van der Waals surface area (Å²) < 4.78 is 17.7. The number of anilines is 1. The molecule has 3 aromatic carbocycles. The van der Waals surface area contributed by atoms with E-state index in [4.69, 9.17) is 18.9 Å². The Labute approximate surface area is 351 Å². The lowest BCUT2D eigenvalue weighted by Crippen LogP contribution is -2.51. The SMILES string of the molecule is CCN=c1cc2oc3cc(NCC)c(C)cc3c(-c3ccccc3C(=O)N3CCN(CC(=O)NCCOCCOCCNC(=O)/C=C/c4ccc(O)cc4)CC3)c-2cc1C. The van der Waals surface area contributed by atoms with Crippen LogP contribution in [0.4, 0.5) is 5.69 Å². The fourth-order valence-electron chi connectivity index (χ4n) is 7.27. The molecule has 3 amide bonds. The number of fused-ring (bicyclic) bond motifs is 2. The van der Waals surface area contributed by atoms with Crippen LogP contribution in [-0.2, 0) is 19.1 Å². The third-order valence-corrected chi connectivity index (χ3v) is 10.3. The van der Waals surface area contributed by atoms with Gasteiger partial charge in [-0.3, -0.25) is 24.3 Å². The molecule has 316 valence electrons. The Morgan fingerprint density at radius 3 is 2.27 bits per heavy atom. The average molecular weight is 817 g/mol. The molecule has 2 heterocycles. The van der Waals surface area contributed by atoms with Crippen LogP contribution in [0.2, 0.25) is 0 Å². The van der Waals surface area contributed by atoms with Gasteiger partial charge in [0.15, 0.2) is 0 Å². The van der Waals surface area contributed by atoms with Crippen molar-refractivity contribution in [3.63, 3.8) is 0 Å². The van der Waals surface area contributed by atoms with Gasteiger partial charge in [0.1, 0.15) is 17.1 Å². The van der Waals surface area contributed by atoms with Gasteiger partial charge >= 0.3 is 0 Å². The number of hydrogen-bond donors (Lipinski definition) is 4. The molecule has 60 heavy (non-hydrogen) atoms. The fraction of sp³-hybridized carbons (Fsp3) is 0.362. The Kier molecular flexibility index (Phi) is 15.5. The highest BCUT2D eigenvalue weighted by Crippen LogP contribution is 2.43. The molecule has 6 rings (SSSR count). The second-order valence-electron chi connectivity index (χ2n) is 14.7. The smallest absolute Gasteiger partial charge is 0.254 e. The standard InChI is InChI=1S/C47H56N6O7/c1-5-48-40-29-42-38(27-32(40)3)46(39-28-33(4)41(49-6-2)30-43(39)60-42)36-9-7-8-10-37(36)47(57)53-21-19-52(20-22-53)31-45(56)51-18-24-59-26-25-58-23-17-50-44(55)16-13-34-11-14-35(54)15-12-34/h7-16,27-30,48,54H,5-6,17-26,31H2,1-4H3,(H,50,55)(H,51,56)/b16-13+,49-41?. The van der Waals surface area contributed by atoms with Crippen molar-refractivity contribution >= 4 is 40.5 Å². The number of nitrogens with one attached hydrogen (secondary N) is 3. The first-order chi connectivity index (χ1) is 29.1. The number of carbonyl (C=O) groups excluding carboxylic acids is 3. The second kappa shape index (κ2) is 21.3. The van der Waals surface area contributed by atoms with Crippen molar-refractivity contribution in [3.8, 4) is 28.2 Å². The zero-order valence-electron chi connectivity index (χ0n) is 35.0. The van der Waals surface area contributed by atoms with E-state index in [9.17, 15) is 19.5 Å². The largest absolute Gasteiger partial charge is 0.508 e. The predicted molar refractivity (Wildman–Crippen MR) is 235 cm³/mol. The van der Waals surface area contributed by atoms with Gasteiger partial charge in [-0.05, 0) is 86.4 Å². The third-order valence-electron chi connectivity index (χ3n) is 10.3. The maximum absolute atomic E-state index is 14.3. The molecular formula is C47H56N6O7. The molecular weight excluding hydrogens is 761 g/mol. The average Bonchev–Trinajstić information content (AvgIpc) is 3.24. The molecule has 0 aromatic heterocycles. The van der Waals surface area contributed by atoms with Crippen molar-refractivity contribution in [3.05, 3.63) is 106 Å². The zero-order valence-corrected chi connectivity index (χ0v) is 35.0. The molecule has 1 fully saturated rings. The molecule has 3 aliphatic rings. The molecule has 3 aromatic rings. The maximum Gasteiger partial charge on any atom is 0.254 e. The van der Waals surface area contributed by atoms with Crippen molar-refractivity contribution in [2.75, 3.05) is 90.6 Å². The minimum absolute atomic E-state index is 0.0443. The summed E-state index contributed by atoms with van der Waals surface area (Å²) in [6.45, 7) is 14.2. The van der Waals surface area contributed by atoms with Gasteiger partial charge in [0.05, 0.1) is 38.3 Å². The van der Waals surface area contributed by atoms with Crippen LogP contribution in [0.15, 0.2) is 88.3 Å². The van der Waals surface area contributed by atoms with E-state index >= 15 is 0 Å². The van der Waals surface area contributed by atoms with Gasteiger partial charge < -0.3 is 39.8 Å². The van der Waals surface area contributed by atoms with Crippen molar-refractivity contribution in [2.24, 2.45) is 4.99 Å². The van der Waals surface area contributed by atoms with E-state index in [0.29, 0.717) is 83.6 Å². The predicted octanol–water partition coefficient (Wildman–Crippen LogP) is 5.62. The molecule has 0 bridgehead atoms.